The number of esters is 1. The second-order valence-corrected chi connectivity index (χ2v) is 6.02. The normalized spacial score (nSPS) is 11.6. The van der Waals surface area contributed by atoms with E-state index in [9.17, 15) is 9.59 Å². The van der Waals surface area contributed by atoms with Gasteiger partial charge in [-0.25, -0.2) is 4.79 Å². The van der Waals surface area contributed by atoms with Gasteiger partial charge in [-0.1, -0.05) is 6.07 Å². The summed E-state index contributed by atoms with van der Waals surface area (Å²) in [6, 6.07) is 15.0. The minimum atomic E-state index is -0.486. The smallest absolute Gasteiger partial charge is 0.337 e. The van der Waals surface area contributed by atoms with Crippen LogP contribution in [0.3, 0.4) is 0 Å². The van der Waals surface area contributed by atoms with Crippen LogP contribution in [0.2, 0.25) is 0 Å². The molecular weight excluding hydrogens is 376 g/mol. The minimum Gasteiger partial charge on any atom is -0.465 e. The van der Waals surface area contributed by atoms with Crippen molar-refractivity contribution in [2.45, 2.75) is 0 Å². The number of ether oxygens (including phenoxy) is 3. The van der Waals surface area contributed by atoms with E-state index in [-0.39, 0.29) is 12.5 Å². The zero-order chi connectivity index (χ0) is 20.2. The van der Waals surface area contributed by atoms with Crippen molar-refractivity contribution < 1.29 is 23.8 Å². The monoisotopic (exact) mass is 392 g/mol. The first-order valence-electron chi connectivity index (χ1n) is 8.62. The third-order valence-corrected chi connectivity index (χ3v) is 4.08. The highest BCUT2D eigenvalue weighted by molar-refractivity contribution is 6.03. The van der Waals surface area contributed by atoms with Gasteiger partial charge in [-0.05, 0) is 42.5 Å². The number of hydrogen-bond donors (Lipinski definition) is 2. The molecule has 0 spiro atoms. The van der Waals surface area contributed by atoms with Crippen LogP contribution in [0.15, 0.2) is 54.6 Å². The first-order chi connectivity index (χ1) is 14.1. The Morgan fingerprint density at radius 3 is 2.62 bits per heavy atom. The van der Waals surface area contributed by atoms with Crippen molar-refractivity contribution in [2.24, 2.45) is 0 Å². The minimum absolute atomic E-state index is 0.129. The summed E-state index contributed by atoms with van der Waals surface area (Å²) < 4.78 is 15.3. The number of benzene rings is 2. The lowest BCUT2D eigenvalue weighted by atomic mass is 10.2. The fourth-order valence-corrected chi connectivity index (χ4v) is 2.68. The molecular formula is C20H16N4O5. The van der Waals surface area contributed by atoms with Crippen molar-refractivity contribution in [1.29, 1.82) is 0 Å². The van der Waals surface area contributed by atoms with E-state index in [4.69, 9.17) is 9.47 Å². The Morgan fingerprint density at radius 1 is 0.966 bits per heavy atom. The lowest BCUT2D eigenvalue weighted by molar-refractivity contribution is 0.0600. The number of fused-ring (bicyclic) bond motifs is 1. The van der Waals surface area contributed by atoms with E-state index in [0.29, 0.717) is 28.6 Å². The lowest BCUT2D eigenvalue weighted by Gasteiger charge is -2.08. The highest BCUT2D eigenvalue weighted by Crippen LogP contribution is 2.34. The maximum absolute atomic E-state index is 12.4. The number of carbonyl (C=O) groups is 2. The second kappa shape index (κ2) is 7.85. The molecule has 2 N–H and O–H groups in total. The Morgan fingerprint density at radius 2 is 1.83 bits per heavy atom. The largest absolute Gasteiger partial charge is 0.465 e. The summed E-state index contributed by atoms with van der Waals surface area (Å²) in [6.07, 6.45) is 0. The highest BCUT2D eigenvalue weighted by Gasteiger charge is 2.14. The topological polar surface area (TPSA) is 112 Å². The van der Waals surface area contributed by atoms with E-state index in [1.165, 1.54) is 13.2 Å². The molecule has 0 bridgehead atoms. The maximum Gasteiger partial charge on any atom is 0.337 e. The zero-order valence-corrected chi connectivity index (χ0v) is 15.3. The van der Waals surface area contributed by atoms with E-state index in [0.717, 1.165) is 5.69 Å². The van der Waals surface area contributed by atoms with Gasteiger partial charge in [-0.2, -0.15) is 0 Å². The molecule has 29 heavy (non-hydrogen) atoms. The van der Waals surface area contributed by atoms with Crippen LogP contribution in [0.25, 0.3) is 0 Å². The van der Waals surface area contributed by atoms with Crippen molar-refractivity contribution in [3.8, 4) is 11.5 Å². The second-order valence-electron chi connectivity index (χ2n) is 6.02. The van der Waals surface area contributed by atoms with E-state index in [1.54, 1.807) is 42.5 Å². The molecule has 3 aromatic rings. The number of amides is 1. The van der Waals surface area contributed by atoms with Crippen LogP contribution in [0.1, 0.15) is 20.8 Å². The molecule has 0 atom stereocenters. The summed E-state index contributed by atoms with van der Waals surface area (Å²) in [4.78, 5) is 24.0. The van der Waals surface area contributed by atoms with Crippen molar-refractivity contribution in [3.05, 3.63) is 65.9 Å². The lowest BCUT2D eigenvalue weighted by Crippen LogP contribution is -2.15. The third-order valence-electron chi connectivity index (χ3n) is 4.08. The third kappa shape index (κ3) is 4.08. The molecule has 2 aromatic carbocycles. The van der Waals surface area contributed by atoms with Gasteiger partial charge in [-0.3, -0.25) is 4.79 Å². The number of nitrogens with one attached hydrogen (secondary N) is 2. The van der Waals surface area contributed by atoms with Gasteiger partial charge in [0, 0.05) is 17.4 Å². The Bertz CT molecular complexity index is 1070. The molecule has 0 fully saturated rings. The van der Waals surface area contributed by atoms with Crippen LogP contribution >= 0.6 is 0 Å². The van der Waals surface area contributed by atoms with E-state index >= 15 is 0 Å². The molecule has 1 amide bonds. The Hall–Kier alpha value is -4.14. The molecule has 9 nitrogen and oxygen atoms in total. The van der Waals surface area contributed by atoms with E-state index in [2.05, 4.69) is 25.6 Å². The van der Waals surface area contributed by atoms with Gasteiger partial charge in [0.15, 0.2) is 23.0 Å². The molecule has 1 aliphatic heterocycles. The molecule has 1 aliphatic rings. The van der Waals surface area contributed by atoms with Crippen molar-refractivity contribution in [2.75, 3.05) is 24.5 Å². The van der Waals surface area contributed by atoms with Crippen LogP contribution in [-0.4, -0.2) is 36.0 Å². The van der Waals surface area contributed by atoms with Gasteiger partial charge in [0.25, 0.3) is 5.91 Å². The quantitative estimate of drug-likeness (QED) is 0.638. The van der Waals surface area contributed by atoms with Gasteiger partial charge in [-0.15, -0.1) is 10.2 Å². The Labute approximate surface area is 165 Å². The standard InChI is InChI=1S/C20H16N4O5/c1-27-20(26)12-3-2-4-13(9-12)22-19(25)15-6-8-18(24-23-15)21-14-5-7-16-17(10-14)29-11-28-16/h2-10H,11H2,1H3,(H,21,24)(H,22,25). The van der Waals surface area contributed by atoms with Gasteiger partial charge >= 0.3 is 5.97 Å². The molecule has 9 heteroatoms. The molecule has 1 aromatic heterocycles. The van der Waals surface area contributed by atoms with E-state index < -0.39 is 11.9 Å². The number of anilines is 3. The highest BCUT2D eigenvalue weighted by atomic mass is 16.7. The van der Waals surface area contributed by atoms with Crippen LogP contribution in [0, 0.1) is 0 Å². The summed E-state index contributed by atoms with van der Waals surface area (Å²) in [5, 5.41) is 13.7. The molecule has 0 radical (unpaired) electrons. The number of nitrogens with zero attached hydrogens (tertiary/aromatic N) is 2. The maximum atomic E-state index is 12.4. The number of carbonyl (C=O) groups excluding carboxylic acids is 2. The number of hydrogen-bond acceptors (Lipinski definition) is 8. The fraction of sp³-hybridized carbons (Fsp3) is 0.100. The van der Waals surface area contributed by atoms with Crippen molar-refractivity contribution >= 4 is 29.1 Å². The van der Waals surface area contributed by atoms with Gasteiger partial charge in [0.1, 0.15) is 0 Å². The van der Waals surface area contributed by atoms with Crippen LogP contribution < -0.4 is 20.1 Å². The molecule has 0 saturated heterocycles. The average Bonchev–Trinajstić information content (AvgIpc) is 3.22. The van der Waals surface area contributed by atoms with Crippen LogP contribution in [0.4, 0.5) is 17.2 Å². The summed E-state index contributed by atoms with van der Waals surface area (Å²) >= 11 is 0. The Kier molecular flexibility index (Phi) is 4.93. The SMILES string of the molecule is COC(=O)c1cccc(NC(=O)c2ccc(Nc3ccc4c(c3)OCO4)nn2)c1. The van der Waals surface area contributed by atoms with Crippen LogP contribution in [0.5, 0.6) is 11.5 Å². The number of methoxy groups -OCH3 is 1. The molecule has 0 unspecified atom stereocenters. The van der Waals surface area contributed by atoms with E-state index in [1.807, 2.05) is 6.07 Å². The molecule has 4 rings (SSSR count). The summed E-state index contributed by atoms with van der Waals surface area (Å²) in [6.45, 7) is 0.199. The van der Waals surface area contributed by atoms with Crippen LogP contribution in [-0.2, 0) is 4.74 Å². The fourth-order valence-electron chi connectivity index (χ4n) is 2.68. The molecule has 0 saturated carbocycles. The number of rotatable bonds is 5. The molecule has 0 aliphatic carbocycles. The summed E-state index contributed by atoms with van der Waals surface area (Å²) in [5.74, 6) is 0.861. The zero-order valence-electron chi connectivity index (χ0n) is 15.3. The molecule has 146 valence electrons. The van der Waals surface area contributed by atoms with Gasteiger partial charge in [0.2, 0.25) is 6.79 Å². The first-order valence-corrected chi connectivity index (χ1v) is 8.62. The summed E-state index contributed by atoms with van der Waals surface area (Å²) in [5.41, 5.74) is 1.66. The van der Waals surface area contributed by atoms with Crippen molar-refractivity contribution in [1.82, 2.24) is 10.2 Å². The molecule has 2 heterocycles. The van der Waals surface area contributed by atoms with Gasteiger partial charge < -0.3 is 24.8 Å². The predicted molar refractivity (Wildman–Crippen MR) is 104 cm³/mol. The van der Waals surface area contributed by atoms with Crippen molar-refractivity contribution in [3.63, 3.8) is 0 Å². The first kappa shape index (κ1) is 18.2. The predicted octanol–water partition coefficient (Wildman–Crippen LogP) is 2.99. The number of aromatic nitrogens is 2. The summed E-state index contributed by atoms with van der Waals surface area (Å²) in [7, 11) is 1.29. The Balaban J connectivity index is 1.42. The van der Waals surface area contributed by atoms with Gasteiger partial charge in [0.05, 0.1) is 12.7 Å². The average molecular weight is 392 g/mol.